The fraction of sp³-hybridized carbons (Fsp3) is 0. The van der Waals surface area contributed by atoms with Crippen LogP contribution in [-0.4, -0.2) is 0 Å². The molecule has 4 rings (SSSR count). The Morgan fingerprint density at radius 3 is 1.21 bits per heavy atom. The van der Waals surface area contributed by atoms with E-state index >= 15 is 0 Å². The second-order valence-corrected chi connectivity index (χ2v) is 9.38. The molecular formula is C26H22P2. The lowest BCUT2D eigenvalue weighted by Gasteiger charge is -2.04. The Balaban J connectivity index is 1.47. The van der Waals surface area contributed by atoms with Gasteiger partial charge in [-0.15, -0.1) is 0 Å². The average molecular weight is 396 g/mol. The van der Waals surface area contributed by atoms with Gasteiger partial charge >= 0.3 is 0 Å². The van der Waals surface area contributed by atoms with Crippen molar-refractivity contribution in [1.29, 1.82) is 0 Å². The summed E-state index contributed by atoms with van der Waals surface area (Å²) in [6.07, 6.45) is 4.42. The molecule has 0 amide bonds. The average Bonchev–Trinajstić information content (AvgIpc) is 2.74. The molecule has 0 aliphatic carbocycles. The van der Waals surface area contributed by atoms with Crippen molar-refractivity contribution in [2.75, 3.05) is 0 Å². The van der Waals surface area contributed by atoms with Crippen molar-refractivity contribution in [2.24, 2.45) is 0 Å². The van der Waals surface area contributed by atoms with Gasteiger partial charge in [-0.25, -0.2) is 0 Å². The molecule has 0 fully saturated rings. The fourth-order valence-electron chi connectivity index (χ4n) is 3.01. The van der Waals surface area contributed by atoms with Crippen LogP contribution in [0.25, 0.3) is 12.2 Å². The first-order chi connectivity index (χ1) is 13.8. The van der Waals surface area contributed by atoms with Crippen molar-refractivity contribution in [2.45, 2.75) is 0 Å². The van der Waals surface area contributed by atoms with E-state index in [4.69, 9.17) is 0 Å². The second kappa shape index (κ2) is 9.61. The van der Waals surface area contributed by atoms with Gasteiger partial charge in [0.25, 0.3) is 0 Å². The largest absolute Gasteiger partial charge is 0.0622 e. The molecule has 0 spiro atoms. The molecule has 0 heterocycles. The van der Waals surface area contributed by atoms with Gasteiger partial charge in [0.05, 0.1) is 0 Å². The Labute approximate surface area is 170 Å². The Bertz CT molecular complexity index is 967. The predicted octanol–water partition coefficient (Wildman–Crippen LogP) is 5.12. The zero-order chi connectivity index (χ0) is 19.0. The molecule has 0 nitrogen and oxygen atoms in total. The third-order valence-corrected chi connectivity index (χ3v) is 6.81. The summed E-state index contributed by atoms with van der Waals surface area (Å²) >= 11 is 0. The number of hydrogen-bond donors (Lipinski definition) is 0. The van der Waals surface area contributed by atoms with Gasteiger partial charge in [-0.05, 0) is 44.5 Å². The van der Waals surface area contributed by atoms with Crippen LogP contribution in [-0.2, 0) is 0 Å². The highest BCUT2D eigenvalue weighted by molar-refractivity contribution is 7.55. The molecule has 136 valence electrons. The van der Waals surface area contributed by atoms with Crippen LogP contribution in [0.1, 0.15) is 11.1 Å². The molecule has 0 bridgehead atoms. The van der Waals surface area contributed by atoms with Gasteiger partial charge in [0.1, 0.15) is 0 Å². The highest BCUT2D eigenvalue weighted by Gasteiger charge is 1.98. The Kier molecular flexibility index (Phi) is 6.46. The number of benzene rings is 4. The van der Waals surface area contributed by atoms with Crippen molar-refractivity contribution in [3.63, 3.8) is 0 Å². The van der Waals surface area contributed by atoms with Crippen LogP contribution in [0.4, 0.5) is 0 Å². The molecule has 4 aromatic rings. The molecule has 0 N–H and O–H groups in total. The normalized spacial score (nSPS) is 11.9. The molecule has 0 aliphatic rings. The van der Waals surface area contributed by atoms with Crippen molar-refractivity contribution in [3.8, 4) is 0 Å². The summed E-state index contributed by atoms with van der Waals surface area (Å²) in [5.74, 6) is 0. The summed E-state index contributed by atoms with van der Waals surface area (Å²) < 4.78 is 0. The molecule has 2 atom stereocenters. The predicted molar refractivity (Wildman–Crippen MR) is 130 cm³/mol. The molecular weight excluding hydrogens is 374 g/mol. The highest BCUT2D eigenvalue weighted by atomic mass is 31.1. The summed E-state index contributed by atoms with van der Waals surface area (Å²) in [7, 11) is 1.39. The molecule has 0 saturated carbocycles. The Morgan fingerprint density at radius 1 is 0.393 bits per heavy atom. The lowest BCUT2D eigenvalue weighted by atomic mass is 10.1. The van der Waals surface area contributed by atoms with Crippen molar-refractivity contribution < 1.29 is 0 Å². The highest BCUT2D eigenvalue weighted by Crippen LogP contribution is 2.15. The van der Waals surface area contributed by atoms with Gasteiger partial charge in [0.15, 0.2) is 0 Å². The molecule has 0 aliphatic heterocycles. The van der Waals surface area contributed by atoms with E-state index in [0.29, 0.717) is 17.2 Å². The van der Waals surface area contributed by atoms with Crippen molar-refractivity contribution in [3.05, 3.63) is 120 Å². The summed E-state index contributed by atoms with van der Waals surface area (Å²) in [5.41, 5.74) is 2.49. The van der Waals surface area contributed by atoms with Gasteiger partial charge in [-0.1, -0.05) is 126 Å². The topological polar surface area (TPSA) is 0 Å². The monoisotopic (exact) mass is 396 g/mol. The minimum absolute atomic E-state index is 0.693. The lowest BCUT2D eigenvalue weighted by Crippen LogP contribution is -2.03. The van der Waals surface area contributed by atoms with Crippen molar-refractivity contribution in [1.82, 2.24) is 0 Å². The van der Waals surface area contributed by atoms with E-state index in [1.165, 1.54) is 32.3 Å². The minimum Gasteiger partial charge on any atom is -0.0622 e. The van der Waals surface area contributed by atoms with Gasteiger partial charge in [0, 0.05) is 0 Å². The van der Waals surface area contributed by atoms with E-state index in [2.05, 4.69) is 121 Å². The van der Waals surface area contributed by atoms with Crippen LogP contribution < -0.4 is 21.2 Å². The summed E-state index contributed by atoms with van der Waals surface area (Å²) in [6, 6.07) is 39.0. The molecule has 0 radical (unpaired) electrons. The van der Waals surface area contributed by atoms with Gasteiger partial charge in [0.2, 0.25) is 0 Å². The first kappa shape index (κ1) is 18.8. The minimum atomic E-state index is 0.693. The van der Waals surface area contributed by atoms with Crippen LogP contribution >= 0.6 is 17.2 Å². The molecule has 0 aromatic heterocycles. The first-order valence-electron chi connectivity index (χ1n) is 9.37. The standard InChI is InChI=1S/C26H22P2/c1-3-11-23(12-4-1)27-25-15-7-9-21(19-25)17-18-22-10-8-16-26(20-22)28-24-13-5-2-6-14-24/h1-20,27-28H/b18-17-. The van der Waals surface area contributed by atoms with Gasteiger partial charge < -0.3 is 0 Å². The maximum Gasteiger partial charge on any atom is -0.0220 e. The second-order valence-electron chi connectivity index (χ2n) is 6.57. The zero-order valence-corrected chi connectivity index (χ0v) is 17.5. The Hall–Kier alpha value is -2.52. The molecule has 2 unspecified atom stereocenters. The fourth-order valence-corrected chi connectivity index (χ4v) is 5.23. The maximum atomic E-state index is 2.29. The quantitative estimate of drug-likeness (QED) is 0.314. The first-order valence-corrected chi connectivity index (χ1v) is 11.4. The van der Waals surface area contributed by atoms with Gasteiger partial charge in [-0.2, -0.15) is 0 Å². The van der Waals surface area contributed by atoms with E-state index in [-0.39, 0.29) is 0 Å². The summed E-state index contributed by atoms with van der Waals surface area (Å²) in [6.45, 7) is 0. The van der Waals surface area contributed by atoms with Crippen LogP contribution in [0.2, 0.25) is 0 Å². The van der Waals surface area contributed by atoms with Crippen LogP contribution in [0.3, 0.4) is 0 Å². The molecule has 4 aromatic carbocycles. The molecule has 2 heteroatoms. The summed E-state index contributed by atoms with van der Waals surface area (Å²) in [4.78, 5) is 0. The lowest BCUT2D eigenvalue weighted by molar-refractivity contribution is 1.69. The number of rotatable bonds is 6. The zero-order valence-electron chi connectivity index (χ0n) is 15.5. The van der Waals surface area contributed by atoms with E-state index < -0.39 is 0 Å². The Morgan fingerprint density at radius 2 is 0.786 bits per heavy atom. The van der Waals surface area contributed by atoms with E-state index in [9.17, 15) is 0 Å². The molecule has 0 saturated heterocycles. The third-order valence-electron chi connectivity index (χ3n) is 4.37. The molecule has 28 heavy (non-hydrogen) atoms. The summed E-state index contributed by atoms with van der Waals surface area (Å²) in [5, 5.41) is 5.48. The smallest absolute Gasteiger partial charge is 0.0220 e. The number of hydrogen-bond acceptors (Lipinski definition) is 0. The van der Waals surface area contributed by atoms with E-state index in [1.807, 2.05) is 0 Å². The van der Waals surface area contributed by atoms with E-state index in [0.717, 1.165) is 0 Å². The van der Waals surface area contributed by atoms with E-state index in [1.54, 1.807) is 0 Å². The van der Waals surface area contributed by atoms with Crippen molar-refractivity contribution >= 4 is 50.5 Å². The van der Waals surface area contributed by atoms with Crippen LogP contribution in [0.15, 0.2) is 109 Å². The SMILES string of the molecule is C(=C/c1cccc(Pc2ccccc2)c1)/c1cccc(Pc2ccccc2)c1. The maximum absolute atomic E-state index is 2.29. The van der Waals surface area contributed by atoms with Crippen LogP contribution in [0.5, 0.6) is 0 Å². The third kappa shape index (κ3) is 5.49. The van der Waals surface area contributed by atoms with Crippen LogP contribution in [0, 0.1) is 0 Å². The van der Waals surface area contributed by atoms with Gasteiger partial charge in [-0.3, -0.25) is 0 Å².